The summed E-state index contributed by atoms with van der Waals surface area (Å²) in [5, 5.41) is 3.32. The first-order valence-electron chi connectivity index (χ1n) is 5.51. The molecule has 0 radical (unpaired) electrons. The molecule has 1 N–H and O–H groups in total. The minimum Gasteiger partial charge on any atom is -0.383 e. The van der Waals surface area contributed by atoms with Crippen molar-refractivity contribution < 1.29 is 4.74 Å². The van der Waals surface area contributed by atoms with Gasteiger partial charge in [-0.1, -0.05) is 12.1 Å². The Bertz CT molecular complexity index is 439. The largest absolute Gasteiger partial charge is 0.383 e. The molecule has 86 valence electrons. The molecule has 4 heteroatoms. The minimum atomic E-state index is 0.755. The molecule has 0 aliphatic rings. The number of methoxy groups -OCH3 is 1. The first kappa shape index (κ1) is 11.1. The molecule has 0 saturated heterocycles. The molecule has 1 aromatic heterocycles. The van der Waals surface area contributed by atoms with Gasteiger partial charge in [0.1, 0.15) is 0 Å². The fraction of sp³-hybridized carbons (Fsp3) is 0.417. The Balaban J connectivity index is 1.89. The van der Waals surface area contributed by atoms with E-state index in [9.17, 15) is 0 Å². The summed E-state index contributed by atoms with van der Waals surface area (Å²) in [5.74, 6) is 0. The van der Waals surface area contributed by atoms with Crippen LogP contribution in [-0.2, 0) is 11.3 Å². The first-order chi connectivity index (χ1) is 7.92. The molecule has 0 spiro atoms. The molecular weight excluding hydrogens is 202 g/mol. The van der Waals surface area contributed by atoms with Crippen LogP contribution in [-0.4, -0.2) is 36.4 Å². The van der Waals surface area contributed by atoms with Crippen molar-refractivity contribution >= 4 is 11.0 Å². The number of fused-ring (bicyclic) bond motifs is 1. The number of nitrogens with zero attached hydrogens (tertiary/aromatic N) is 2. The van der Waals surface area contributed by atoms with Gasteiger partial charge in [-0.05, 0) is 12.1 Å². The average Bonchev–Trinajstić information content (AvgIpc) is 2.73. The fourth-order valence-electron chi connectivity index (χ4n) is 1.69. The molecule has 1 aromatic carbocycles. The third-order valence-electron chi connectivity index (χ3n) is 2.54. The van der Waals surface area contributed by atoms with E-state index in [-0.39, 0.29) is 0 Å². The zero-order valence-corrected chi connectivity index (χ0v) is 9.52. The molecule has 4 nitrogen and oxygen atoms in total. The molecule has 0 atom stereocenters. The van der Waals surface area contributed by atoms with Crippen LogP contribution in [0.3, 0.4) is 0 Å². The lowest BCUT2D eigenvalue weighted by Gasteiger charge is -2.05. The summed E-state index contributed by atoms with van der Waals surface area (Å²) < 4.78 is 7.13. The normalized spacial score (nSPS) is 11.1. The van der Waals surface area contributed by atoms with Crippen molar-refractivity contribution in [2.75, 3.05) is 26.8 Å². The number of ether oxygens (including phenoxy) is 1. The molecule has 0 saturated carbocycles. The Kier molecular flexibility index (Phi) is 3.91. The fourth-order valence-corrected chi connectivity index (χ4v) is 1.69. The molecule has 0 amide bonds. The van der Waals surface area contributed by atoms with Gasteiger partial charge < -0.3 is 14.6 Å². The molecule has 2 aromatic rings. The van der Waals surface area contributed by atoms with E-state index in [1.165, 1.54) is 5.52 Å². The lowest BCUT2D eigenvalue weighted by atomic mass is 10.3. The Morgan fingerprint density at radius 1 is 1.31 bits per heavy atom. The van der Waals surface area contributed by atoms with Gasteiger partial charge in [-0.15, -0.1) is 0 Å². The van der Waals surface area contributed by atoms with Crippen molar-refractivity contribution in [2.24, 2.45) is 0 Å². The second-order valence-electron chi connectivity index (χ2n) is 3.67. The molecule has 0 aliphatic heterocycles. The monoisotopic (exact) mass is 219 g/mol. The van der Waals surface area contributed by atoms with Gasteiger partial charge in [0.15, 0.2) is 0 Å². The second-order valence-corrected chi connectivity index (χ2v) is 3.67. The van der Waals surface area contributed by atoms with E-state index in [1.807, 2.05) is 24.5 Å². The second kappa shape index (κ2) is 5.63. The molecule has 0 fully saturated rings. The zero-order valence-electron chi connectivity index (χ0n) is 9.52. The quantitative estimate of drug-likeness (QED) is 0.744. The van der Waals surface area contributed by atoms with E-state index >= 15 is 0 Å². The van der Waals surface area contributed by atoms with Gasteiger partial charge in [-0.25, -0.2) is 4.98 Å². The maximum Gasteiger partial charge on any atom is 0.0958 e. The molecular formula is C12H17N3O. The van der Waals surface area contributed by atoms with Crippen LogP contribution in [0.15, 0.2) is 30.6 Å². The van der Waals surface area contributed by atoms with E-state index in [0.717, 1.165) is 31.8 Å². The molecule has 0 aliphatic carbocycles. The number of hydrogen-bond acceptors (Lipinski definition) is 3. The van der Waals surface area contributed by atoms with E-state index in [4.69, 9.17) is 4.74 Å². The summed E-state index contributed by atoms with van der Waals surface area (Å²) in [7, 11) is 1.71. The van der Waals surface area contributed by atoms with E-state index < -0.39 is 0 Å². The van der Waals surface area contributed by atoms with Crippen molar-refractivity contribution in [2.45, 2.75) is 6.54 Å². The highest BCUT2D eigenvalue weighted by Crippen LogP contribution is 2.10. The van der Waals surface area contributed by atoms with Gasteiger partial charge in [0, 0.05) is 26.7 Å². The lowest BCUT2D eigenvalue weighted by molar-refractivity contribution is 0.199. The van der Waals surface area contributed by atoms with Crippen LogP contribution in [0.25, 0.3) is 11.0 Å². The summed E-state index contributed by atoms with van der Waals surface area (Å²) >= 11 is 0. The SMILES string of the molecule is COCCNCCn1cnc2ccccc21. The first-order valence-corrected chi connectivity index (χ1v) is 5.51. The van der Waals surface area contributed by atoms with Crippen molar-refractivity contribution in [1.82, 2.24) is 14.9 Å². The van der Waals surface area contributed by atoms with Crippen LogP contribution in [0.4, 0.5) is 0 Å². The highest BCUT2D eigenvalue weighted by Gasteiger charge is 1.99. The highest BCUT2D eigenvalue weighted by atomic mass is 16.5. The van der Waals surface area contributed by atoms with Crippen LogP contribution in [0.1, 0.15) is 0 Å². The average molecular weight is 219 g/mol. The Labute approximate surface area is 95.2 Å². The third-order valence-corrected chi connectivity index (χ3v) is 2.54. The predicted octanol–water partition coefficient (Wildman–Crippen LogP) is 1.27. The van der Waals surface area contributed by atoms with Gasteiger partial charge in [-0.3, -0.25) is 0 Å². The predicted molar refractivity (Wildman–Crippen MR) is 64.5 cm³/mol. The Morgan fingerprint density at radius 2 is 2.19 bits per heavy atom. The molecule has 1 heterocycles. The van der Waals surface area contributed by atoms with E-state index in [1.54, 1.807) is 7.11 Å². The van der Waals surface area contributed by atoms with Gasteiger partial charge in [0.2, 0.25) is 0 Å². The number of imidazole rings is 1. The van der Waals surface area contributed by atoms with Crippen LogP contribution >= 0.6 is 0 Å². The van der Waals surface area contributed by atoms with Gasteiger partial charge in [-0.2, -0.15) is 0 Å². The van der Waals surface area contributed by atoms with Crippen molar-refractivity contribution in [3.8, 4) is 0 Å². The van der Waals surface area contributed by atoms with Crippen LogP contribution in [0, 0.1) is 0 Å². The number of para-hydroxylation sites is 2. The van der Waals surface area contributed by atoms with Crippen molar-refractivity contribution in [3.05, 3.63) is 30.6 Å². The molecule has 2 rings (SSSR count). The number of hydrogen-bond donors (Lipinski definition) is 1. The van der Waals surface area contributed by atoms with Crippen molar-refractivity contribution in [3.63, 3.8) is 0 Å². The maximum atomic E-state index is 4.97. The lowest BCUT2D eigenvalue weighted by Crippen LogP contribution is -2.23. The smallest absolute Gasteiger partial charge is 0.0958 e. The zero-order chi connectivity index (χ0) is 11.2. The van der Waals surface area contributed by atoms with Crippen LogP contribution in [0.2, 0.25) is 0 Å². The number of benzene rings is 1. The number of aromatic nitrogens is 2. The standard InChI is InChI=1S/C12H17N3O/c1-16-9-7-13-6-8-15-10-14-11-4-2-3-5-12(11)15/h2-5,10,13H,6-9H2,1H3. The molecule has 16 heavy (non-hydrogen) atoms. The summed E-state index contributed by atoms with van der Waals surface area (Å²) in [5.41, 5.74) is 2.25. The minimum absolute atomic E-state index is 0.755. The topological polar surface area (TPSA) is 39.1 Å². The molecule has 0 bridgehead atoms. The van der Waals surface area contributed by atoms with Gasteiger partial charge >= 0.3 is 0 Å². The third kappa shape index (κ3) is 2.59. The molecule has 0 unspecified atom stereocenters. The Morgan fingerprint density at radius 3 is 3.06 bits per heavy atom. The van der Waals surface area contributed by atoms with E-state index in [0.29, 0.717) is 0 Å². The van der Waals surface area contributed by atoms with Gasteiger partial charge in [0.25, 0.3) is 0 Å². The van der Waals surface area contributed by atoms with E-state index in [2.05, 4.69) is 20.9 Å². The summed E-state index contributed by atoms with van der Waals surface area (Å²) in [6.07, 6.45) is 1.89. The summed E-state index contributed by atoms with van der Waals surface area (Å²) in [4.78, 5) is 4.34. The Hall–Kier alpha value is -1.39. The summed E-state index contributed by atoms with van der Waals surface area (Å²) in [6, 6.07) is 8.18. The highest BCUT2D eigenvalue weighted by molar-refractivity contribution is 5.74. The number of rotatable bonds is 6. The van der Waals surface area contributed by atoms with Crippen molar-refractivity contribution in [1.29, 1.82) is 0 Å². The van der Waals surface area contributed by atoms with Crippen LogP contribution in [0.5, 0.6) is 0 Å². The maximum absolute atomic E-state index is 4.97. The number of nitrogens with one attached hydrogen (secondary N) is 1. The van der Waals surface area contributed by atoms with Crippen LogP contribution < -0.4 is 5.32 Å². The summed E-state index contributed by atoms with van der Waals surface area (Å²) in [6.45, 7) is 3.52. The van der Waals surface area contributed by atoms with Gasteiger partial charge in [0.05, 0.1) is 24.0 Å².